The van der Waals surface area contributed by atoms with E-state index in [1.165, 1.54) is 11.3 Å². The summed E-state index contributed by atoms with van der Waals surface area (Å²) in [6, 6.07) is 6.29. The van der Waals surface area contributed by atoms with Gasteiger partial charge in [0.1, 0.15) is 10.7 Å². The molecular weight excluding hydrogens is 422 g/mol. The van der Waals surface area contributed by atoms with Crippen molar-refractivity contribution in [3.63, 3.8) is 0 Å². The third-order valence-electron chi connectivity index (χ3n) is 5.26. The van der Waals surface area contributed by atoms with Crippen molar-refractivity contribution in [2.24, 2.45) is 5.92 Å². The average molecular weight is 458 g/mol. The van der Waals surface area contributed by atoms with Crippen LogP contribution in [0.15, 0.2) is 28.4 Å². The Labute approximate surface area is 194 Å². The number of rotatable bonds is 10. The molecule has 6 nitrogen and oxygen atoms in total. The summed E-state index contributed by atoms with van der Waals surface area (Å²) in [4.78, 5) is 23.7. The fourth-order valence-corrected chi connectivity index (χ4v) is 4.84. The third kappa shape index (κ3) is 6.25. The van der Waals surface area contributed by atoms with Gasteiger partial charge in [-0.1, -0.05) is 37.6 Å². The lowest BCUT2D eigenvalue weighted by Crippen LogP contribution is -2.38. The molecule has 2 heterocycles. The maximum atomic E-state index is 13.1. The van der Waals surface area contributed by atoms with Gasteiger partial charge in [0, 0.05) is 24.0 Å². The molecule has 1 unspecified atom stereocenters. The van der Waals surface area contributed by atoms with E-state index < -0.39 is 6.10 Å². The highest BCUT2D eigenvalue weighted by molar-refractivity contribution is 7.17. The number of aliphatic hydroxyl groups is 1. The number of hydrogen-bond acceptors (Lipinski definition) is 6. The third-order valence-corrected chi connectivity index (χ3v) is 6.14. The predicted molar refractivity (Wildman–Crippen MR) is 132 cm³/mol. The van der Waals surface area contributed by atoms with E-state index in [9.17, 15) is 9.90 Å². The molecule has 0 aliphatic carbocycles. The predicted octanol–water partition coefficient (Wildman–Crippen LogP) is 4.51. The monoisotopic (exact) mass is 457 g/mol. The summed E-state index contributed by atoms with van der Waals surface area (Å²) in [6.07, 6.45) is -0.516. The van der Waals surface area contributed by atoms with Crippen LogP contribution in [0, 0.1) is 19.8 Å². The number of aryl methyl sites for hydroxylation is 2. The minimum Gasteiger partial charge on any atom is -0.389 e. The van der Waals surface area contributed by atoms with Gasteiger partial charge in [0.25, 0.3) is 5.56 Å². The SMILES string of the molecule is Cc1ccc(C)c(-c2csc3nc(CN(CC(C)C)CC(O)COC(C)C)[nH]c(=O)c23)c1. The number of benzene rings is 1. The number of thiophene rings is 1. The Morgan fingerprint density at radius 2 is 1.91 bits per heavy atom. The molecule has 0 saturated heterocycles. The highest BCUT2D eigenvalue weighted by Gasteiger charge is 2.18. The molecule has 2 N–H and O–H groups in total. The first-order chi connectivity index (χ1) is 15.1. The van der Waals surface area contributed by atoms with Crippen molar-refractivity contribution in [1.82, 2.24) is 14.9 Å². The molecule has 32 heavy (non-hydrogen) atoms. The Kier molecular flexibility index (Phi) is 8.22. The quantitative estimate of drug-likeness (QED) is 0.468. The standard InChI is InChI=1S/C25H35N3O3S/c1-15(2)10-28(11-19(29)13-31-16(3)4)12-22-26-24(30)23-21(14-32-25(23)27-22)20-9-17(5)7-8-18(20)6/h7-9,14-16,19,29H,10-13H2,1-6H3,(H,26,27,30). The second kappa shape index (κ2) is 10.7. The first-order valence-corrected chi connectivity index (χ1v) is 12.1. The van der Waals surface area contributed by atoms with E-state index in [0.29, 0.717) is 36.8 Å². The van der Waals surface area contributed by atoms with Crippen LogP contribution in [0.3, 0.4) is 0 Å². The lowest BCUT2D eigenvalue weighted by atomic mass is 9.99. The number of hydrogen-bond donors (Lipinski definition) is 2. The molecule has 0 amide bonds. The van der Waals surface area contributed by atoms with E-state index in [4.69, 9.17) is 9.72 Å². The van der Waals surface area contributed by atoms with Crippen molar-refractivity contribution >= 4 is 21.6 Å². The van der Waals surface area contributed by atoms with Crippen molar-refractivity contribution in [2.45, 2.75) is 60.3 Å². The summed E-state index contributed by atoms with van der Waals surface area (Å²) >= 11 is 1.50. The van der Waals surface area contributed by atoms with Gasteiger partial charge >= 0.3 is 0 Å². The fourth-order valence-electron chi connectivity index (χ4n) is 3.88. The van der Waals surface area contributed by atoms with Gasteiger partial charge in [-0.15, -0.1) is 11.3 Å². The zero-order valence-corrected chi connectivity index (χ0v) is 20.8. The van der Waals surface area contributed by atoms with Gasteiger partial charge in [-0.3, -0.25) is 9.69 Å². The summed E-state index contributed by atoms with van der Waals surface area (Å²) in [6.45, 7) is 14.3. The van der Waals surface area contributed by atoms with Crippen LogP contribution in [0.25, 0.3) is 21.3 Å². The normalized spacial score (nSPS) is 13.1. The van der Waals surface area contributed by atoms with Crippen molar-refractivity contribution in [1.29, 1.82) is 0 Å². The molecule has 3 rings (SSSR count). The summed E-state index contributed by atoms with van der Waals surface area (Å²) in [5.41, 5.74) is 4.20. The number of aromatic nitrogens is 2. The Morgan fingerprint density at radius 3 is 2.59 bits per heavy atom. The Morgan fingerprint density at radius 1 is 1.16 bits per heavy atom. The molecule has 0 aliphatic heterocycles. The van der Waals surface area contributed by atoms with Gasteiger partial charge in [-0.05, 0) is 44.7 Å². The van der Waals surface area contributed by atoms with E-state index in [1.54, 1.807) is 0 Å². The van der Waals surface area contributed by atoms with Gasteiger partial charge in [0.2, 0.25) is 0 Å². The summed E-state index contributed by atoms with van der Waals surface area (Å²) in [5.74, 6) is 1.04. The number of fused-ring (bicyclic) bond motifs is 1. The number of H-pyrrole nitrogens is 1. The van der Waals surface area contributed by atoms with Crippen molar-refractivity contribution in [3.8, 4) is 11.1 Å². The van der Waals surface area contributed by atoms with Crippen LogP contribution >= 0.6 is 11.3 Å². The molecule has 1 aromatic carbocycles. The molecule has 2 aromatic heterocycles. The van der Waals surface area contributed by atoms with Crippen LogP contribution in [0.4, 0.5) is 0 Å². The van der Waals surface area contributed by atoms with Crippen LogP contribution in [-0.4, -0.2) is 51.9 Å². The maximum Gasteiger partial charge on any atom is 0.260 e. The fraction of sp³-hybridized carbons (Fsp3) is 0.520. The minimum atomic E-state index is -0.593. The van der Waals surface area contributed by atoms with Gasteiger partial charge in [-0.2, -0.15) is 0 Å². The Hall–Kier alpha value is -2.06. The Balaban J connectivity index is 1.86. The second-order valence-corrected chi connectivity index (χ2v) is 10.1. The molecule has 0 spiro atoms. The largest absolute Gasteiger partial charge is 0.389 e. The van der Waals surface area contributed by atoms with Crippen LogP contribution in [0.2, 0.25) is 0 Å². The topological polar surface area (TPSA) is 78.5 Å². The smallest absolute Gasteiger partial charge is 0.260 e. The van der Waals surface area contributed by atoms with Gasteiger partial charge in [0.15, 0.2) is 0 Å². The van der Waals surface area contributed by atoms with Crippen molar-refractivity contribution in [2.75, 3.05) is 19.7 Å². The molecular formula is C25H35N3O3S. The van der Waals surface area contributed by atoms with Gasteiger partial charge < -0.3 is 14.8 Å². The molecule has 0 saturated carbocycles. The first-order valence-electron chi connectivity index (χ1n) is 11.2. The van der Waals surface area contributed by atoms with E-state index in [-0.39, 0.29) is 11.7 Å². The summed E-state index contributed by atoms with van der Waals surface area (Å²) in [7, 11) is 0. The molecule has 1 atom stereocenters. The molecule has 7 heteroatoms. The van der Waals surface area contributed by atoms with Crippen LogP contribution in [0.5, 0.6) is 0 Å². The molecule has 0 bridgehead atoms. The minimum absolute atomic E-state index is 0.0775. The van der Waals surface area contributed by atoms with E-state index >= 15 is 0 Å². The highest BCUT2D eigenvalue weighted by Crippen LogP contribution is 2.33. The first kappa shape index (κ1) is 24.6. The molecule has 0 fully saturated rings. The van der Waals surface area contributed by atoms with Crippen LogP contribution < -0.4 is 5.56 Å². The highest BCUT2D eigenvalue weighted by atomic mass is 32.1. The number of nitrogens with one attached hydrogen (secondary N) is 1. The van der Waals surface area contributed by atoms with Crippen molar-refractivity contribution < 1.29 is 9.84 Å². The summed E-state index contributed by atoms with van der Waals surface area (Å²) in [5, 5.41) is 13.1. The lowest BCUT2D eigenvalue weighted by Gasteiger charge is -2.26. The number of ether oxygens (including phenoxy) is 1. The second-order valence-electron chi connectivity index (χ2n) is 9.28. The van der Waals surface area contributed by atoms with Crippen molar-refractivity contribution in [3.05, 3.63) is 50.9 Å². The average Bonchev–Trinajstić information content (AvgIpc) is 3.12. The number of aliphatic hydroxyl groups excluding tert-OH is 1. The Bertz CT molecular complexity index is 1100. The lowest BCUT2D eigenvalue weighted by molar-refractivity contribution is -0.0111. The number of nitrogens with zero attached hydrogens (tertiary/aromatic N) is 2. The van der Waals surface area contributed by atoms with Gasteiger partial charge in [0.05, 0.1) is 30.7 Å². The molecule has 0 radical (unpaired) electrons. The van der Waals surface area contributed by atoms with Crippen LogP contribution in [0.1, 0.15) is 44.6 Å². The van der Waals surface area contributed by atoms with Crippen LogP contribution in [-0.2, 0) is 11.3 Å². The van der Waals surface area contributed by atoms with E-state index in [0.717, 1.165) is 33.6 Å². The van der Waals surface area contributed by atoms with E-state index in [1.807, 2.05) is 19.2 Å². The zero-order valence-electron chi connectivity index (χ0n) is 19.9. The summed E-state index contributed by atoms with van der Waals surface area (Å²) < 4.78 is 5.55. The molecule has 174 valence electrons. The zero-order chi connectivity index (χ0) is 23.4. The van der Waals surface area contributed by atoms with E-state index in [2.05, 4.69) is 55.8 Å². The number of aromatic amines is 1. The maximum absolute atomic E-state index is 13.1. The molecule has 3 aromatic rings. The van der Waals surface area contributed by atoms with Gasteiger partial charge in [-0.25, -0.2) is 4.98 Å². The molecule has 0 aliphatic rings.